The molecular formula is C15H24NO4P. The smallest absolute Gasteiger partial charge is 0.323 e. The minimum Gasteiger partial charge on any atom is -0.465 e. The van der Waals surface area contributed by atoms with Gasteiger partial charge in [0.05, 0.1) is 12.8 Å². The van der Waals surface area contributed by atoms with E-state index in [-0.39, 0.29) is 5.92 Å². The minimum atomic E-state index is -3.18. The van der Waals surface area contributed by atoms with Crippen LogP contribution in [0.4, 0.5) is 0 Å². The van der Waals surface area contributed by atoms with Gasteiger partial charge in [-0.15, -0.1) is 0 Å². The van der Waals surface area contributed by atoms with Crippen LogP contribution < -0.4 is 9.61 Å². The first-order valence-corrected chi connectivity index (χ1v) is 8.95. The van der Waals surface area contributed by atoms with E-state index in [9.17, 15) is 9.36 Å². The Morgan fingerprint density at radius 3 is 2.38 bits per heavy atom. The van der Waals surface area contributed by atoms with Gasteiger partial charge in [0.2, 0.25) is 0 Å². The number of rotatable bonds is 8. The SMILES string of the molecule is CCOC(=O)C(C)NP(=O)(CC(C)C)Oc1ccccc1. The second-order valence-electron chi connectivity index (χ2n) is 5.26. The van der Waals surface area contributed by atoms with E-state index in [0.29, 0.717) is 18.5 Å². The molecule has 0 spiro atoms. The highest BCUT2D eigenvalue weighted by molar-refractivity contribution is 7.57. The molecule has 1 N–H and O–H groups in total. The predicted octanol–water partition coefficient (Wildman–Crippen LogP) is 3.46. The summed E-state index contributed by atoms with van der Waals surface area (Å²) in [5.41, 5.74) is 0. The zero-order valence-corrected chi connectivity index (χ0v) is 13.9. The fourth-order valence-corrected chi connectivity index (χ4v) is 4.22. The number of ether oxygens (including phenoxy) is 1. The molecule has 1 aromatic rings. The number of carbonyl (C=O) groups is 1. The molecule has 0 aliphatic carbocycles. The van der Waals surface area contributed by atoms with Gasteiger partial charge in [-0.1, -0.05) is 32.0 Å². The van der Waals surface area contributed by atoms with E-state index in [0.717, 1.165) is 0 Å². The monoisotopic (exact) mass is 313 g/mol. The number of hydrogen-bond donors (Lipinski definition) is 1. The largest absolute Gasteiger partial charge is 0.465 e. The van der Waals surface area contributed by atoms with Crippen molar-refractivity contribution in [2.45, 2.75) is 33.7 Å². The van der Waals surface area contributed by atoms with Gasteiger partial charge in [-0.3, -0.25) is 9.36 Å². The maximum absolute atomic E-state index is 13.0. The van der Waals surface area contributed by atoms with E-state index >= 15 is 0 Å². The van der Waals surface area contributed by atoms with Crippen LogP contribution in [0.2, 0.25) is 0 Å². The summed E-state index contributed by atoms with van der Waals surface area (Å²) in [6, 6.07) is 8.27. The van der Waals surface area contributed by atoms with Gasteiger partial charge in [-0.25, -0.2) is 5.09 Å². The van der Waals surface area contributed by atoms with Gasteiger partial charge in [-0.2, -0.15) is 0 Å². The quantitative estimate of drug-likeness (QED) is 0.588. The molecule has 0 amide bonds. The summed E-state index contributed by atoms with van der Waals surface area (Å²) in [4.78, 5) is 11.7. The van der Waals surface area contributed by atoms with Crippen molar-refractivity contribution < 1.29 is 18.6 Å². The van der Waals surface area contributed by atoms with Crippen LogP contribution in [0.5, 0.6) is 5.75 Å². The maximum Gasteiger partial charge on any atom is 0.323 e. The summed E-state index contributed by atoms with van der Waals surface area (Å²) in [6.45, 7) is 7.56. The lowest BCUT2D eigenvalue weighted by atomic mass is 10.3. The molecule has 0 fully saturated rings. The van der Waals surface area contributed by atoms with Crippen LogP contribution in [0.1, 0.15) is 27.7 Å². The van der Waals surface area contributed by atoms with Crippen molar-refractivity contribution in [3.8, 4) is 5.75 Å². The van der Waals surface area contributed by atoms with E-state index in [1.54, 1.807) is 26.0 Å². The Balaban J connectivity index is 2.83. The van der Waals surface area contributed by atoms with Gasteiger partial charge in [0.25, 0.3) is 0 Å². The normalized spacial score (nSPS) is 15.3. The average Bonchev–Trinajstić information content (AvgIpc) is 2.38. The molecule has 2 unspecified atom stereocenters. The summed E-state index contributed by atoms with van der Waals surface area (Å²) >= 11 is 0. The summed E-state index contributed by atoms with van der Waals surface area (Å²) in [5, 5.41) is 2.82. The molecule has 1 aromatic carbocycles. The Kier molecular flexibility index (Phi) is 6.93. The van der Waals surface area contributed by atoms with Crippen LogP contribution in [-0.2, 0) is 14.1 Å². The van der Waals surface area contributed by atoms with Crippen molar-refractivity contribution in [3.05, 3.63) is 30.3 Å². The van der Waals surface area contributed by atoms with Gasteiger partial charge >= 0.3 is 13.5 Å². The molecule has 118 valence electrons. The molecule has 0 saturated carbocycles. The van der Waals surface area contributed by atoms with Crippen molar-refractivity contribution in [2.24, 2.45) is 5.92 Å². The number of benzene rings is 1. The number of esters is 1. The number of carbonyl (C=O) groups excluding carboxylic acids is 1. The fraction of sp³-hybridized carbons (Fsp3) is 0.533. The summed E-state index contributed by atoms with van der Waals surface area (Å²) in [6.07, 6.45) is 0.339. The van der Waals surface area contributed by atoms with Gasteiger partial charge in [0.15, 0.2) is 0 Å². The first kappa shape index (κ1) is 17.7. The molecule has 0 radical (unpaired) electrons. The lowest BCUT2D eigenvalue weighted by molar-refractivity contribution is -0.144. The van der Waals surface area contributed by atoms with Crippen molar-refractivity contribution in [1.29, 1.82) is 0 Å². The summed E-state index contributed by atoms with van der Waals surface area (Å²) < 4.78 is 23.5. The zero-order chi connectivity index (χ0) is 15.9. The molecule has 2 atom stereocenters. The Labute approximate surface area is 126 Å². The fourth-order valence-electron chi connectivity index (χ4n) is 1.86. The minimum absolute atomic E-state index is 0.168. The molecule has 21 heavy (non-hydrogen) atoms. The third kappa shape index (κ3) is 6.32. The molecule has 0 aliphatic rings. The molecule has 5 nitrogen and oxygen atoms in total. The van der Waals surface area contributed by atoms with Crippen LogP contribution in [0.15, 0.2) is 30.3 Å². The topological polar surface area (TPSA) is 64.6 Å². The van der Waals surface area contributed by atoms with Crippen molar-refractivity contribution in [3.63, 3.8) is 0 Å². The molecule has 0 heterocycles. The lowest BCUT2D eigenvalue weighted by Crippen LogP contribution is -2.35. The van der Waals surface area contributed by atoms with Crippen LogP contribution in [0, 0.1) is 5.92 Å². The molecule has 1 rings (SSSR count). The third-order valence-corrected chi connectivity index (χ3v) is 5.13. The van der Waals surface area contributed by atoms with Gasteiger partial charge in [0, 0.05) is 0 Å². The molecule has 0 aromatic heterocycles. The van der Waals surface area contributed by atoms with Crippen molar-refractivity contribution in [1.82, 2.24) is 5.09 Å². The molecule has 0 aliphatic heterocycles. The Bertz CT molecular complexity index is 490. The Morgan fingerprint density at radius 2 is 1.86 bits per heavy atom. The summed E-state index contributed by atoms with van der Waals surface area (Å²) in [5.74, 6) is 0.254. The lowest BCUT2D eigenvalue weighted by Gasteiger charge is -2.24. The van der Waals surface area contributed by atoms with Crippen molar-refractivity contribution >= 4 is 13.5 Å². The van der Waals surface area contributed by atoms with Crippen LogP contribution in [0.25, 0.3) is 0 Å². The molecule has 0 saturated heterocycles. The summed E-state index contributed by atoms with van der Waals surface area (Å²) in [7, 11) is -3.18. The van der Waals surface area contributed by atoms with Gasteiger partial charge in [-0.05, 0) is 31.9 Å². The van der Waals surface area contributed by atoms with Crippen molar-refractivity contribution in [2.75, 3.05) is 12.8 Å². The first-order valence-electron chi connectivity index (χ1n) is 7.14. The first-order chi connectivity index (χ1) is 9.86. The zero-order valence-electron chi connectivity index (χ0n) is 13.0. The van der Waals surface area contributed by atoms with Gasteiger partial charge in [0.1, 0.15) is 11.8 Å². The second kappa shape index (κ2) is 8.20. The molecule has 0 bridgehead atoms. The number of nitrogens with one attached hydrogen (secondary N) is 1. The number of para-hydroxylation sites is 1. The van der Waals surface area contributed by atoms with E-state index in [4.69, 9.17) is 9.26 Å². The van der Waals surface area contributed by atoms with E-state index < -0.39 is 19.5 Å². The van der Waals surface area contributed by atoms with Gasteiger partial charge < -0.3 is 9.26 Å². The average molecular weight is 313 g/mol. The van der Waals surface area contributed by atoms with E-state index in [2.05, 4.69) is 5.09 Å². The van der Waals surface area contributed by atoms with Crippen LogP contribution in [-0.4, -0.2) is 24.8 Å². The number of hydrogen-bond acceptors (Lipinski definition) is 4. The highest BCUT2D eigenvalue weighted by Gasteiger charge is 2.31. The highest BCUT2D eigenvalue weighted by atomic mass is 31.2. The van der Waals surface area contributed by atoms with E-state index in [1.165, 1.54) is 0 Å². The Morgan fingerprint density at radius 1 is 1.24 bits per heavy atom. The van der Waals surface area contributed by atoms with Crippen LogP contribution >= 0.6 is 7.52 Å². The third-order valence-electron chi connectivity index (χ3n) is 2.63. The maximum atomic E-state index is 13.0. The van der Waals surface area contributed by atoms with Crippen LogP contribution in [0.3, 0.4) is 0 Å². The predicted molar refractivity (Wildman–Crippen MR) is 83.6 cm³/mol. The second-order valence-corrected chi connectivity index (χ2v) is 7.41. The Hall–Kier alpha value is -1.32. The van der Waals surface area contributed by atoms with E-state index in [1.807, 2.05) is 32.0 Å². The highest BCUT2D eigenvalue weighted by Crippen LogP contribution is 2.45. The molecular weight excluding hydrogens is 289 g/mol. The standard InChI is InChI=1S/C15H24NO4P/c1-5-19-15(17)13(4)16-21(18,11-12(2)3)20-14-9-7-6-8-10-14/h6-10,12-13H,5,11H2,1-4H3,(H,16,18). The molecule has 6 heteroatoms.